The molecule has 0 bridgehead atoms. The Balaban J connectivity index is 1.93. The Morgan fingerprint density at radius 3 is 1.73 bits per heavy atom. The van der Waals surface area contributed by atoms with Gasteiger partial charge in [0.25, 0.3) is 0 Å². The highest BCUT2D eigenvalue weighted by molar-refractivity contribution is 6.08. The second-order valence-electron chi connectivity index (χ2n) is 6.31. The molecule has 0 aliphatic carbocycles. The van der Waals surface area contributed by atoms with Gasteiger partial charge in [-0.25, -0.2) is 0 Å². The molecule has 136 valence electrons. The average Bonchev–Trinajstić information content (AvgIpc) is 2.52. The quantitative estimate of drug-likeness (QED) is 0.719. The Bertz CT molecular complexity index is 819. The van der Waals surface area contributed by atoms with Gasteiger partial charge in [0, 0.05) is 24.0 Å². The molecule has 0 aromatic heterocycles. The molecule has 2 aromatic carbocycles. The number of aryl methyl sites for hydroxylation is 3. The molecule has 6 nitrogen and oxygen atoms in total. The molecular formula is C20H23N3O3. The molecule has 0 atom stereocenters. The predicted molar refractivity (Wildman–Crippen MR) is 103 cm³/mol. The lowest BCUT2D eigenvalue weighted by Gasteiger charge is -2.13. The van der Waals surface area contributed by atoms with Gasteiger partial charge >= 0.3 is 0 Å². The van der Waals surface area contributed by atoms with Gasteiger partial charge in [-0.1, -0.05) is 17.7 Å². The molecule has 0 aliphatic heterocycles. The zero-order valence-corrected chi connectivity index (χ0v) is 15.4. The molecule has 3 amide bonds. The van der Waals surface area contributed by atoms with Gasteiger partial charge < -0.3 is 16.0 Å². The number of hydrogen-bond acceptors (Lipinski definition) is 3. The number of carbonyl (C=O) groups is 3. The van der Waals surface area contributed by atoms with E-state index in [1.54, 1.807) is 24.3 Å². The maximum atomic E-state index is 12.2. The smallest absolute Gasteiger partial charge is 0.233 e. The minimum absolute atomic E-state index is 0.167. The van der Waals surface area contributed by atoms with Crippen LogP contribution in [0.1, 0.15) is 30.0 Å². The van der Waals surface area contributed by atoms with Crippen LogP contribution >= 0.6 is 0 Å². The van der Waals surface area contributed by atoms with E-state index < -0.39 is 5.91 Å². The Kier molecular flexibility index (Phi) is 6.11. The van der Waals surface area contributed by atoms with Gasteiger partial charge in [0.05, 0.1) is 0 Å². The molecule has 26 heavy (non-hydrogen) atoms. The summed E-state index contributed by atoms with van der Waals surface area (Å²) in [7, 11) is 0. The van der Waals surface area contributed by atoms with Crippen LogP contribution in [0.15, 0.2) is 36.4 Å². The van der Waals surface area contributed by atoms with Crippen LogP contribution in [0.4, 0.5) is 17.1 Å². The first kappa shape index (κ1) is 19.2. The highest BCUT2D eigenvalue weighted by atomic mass is 16.2. The molecule has 0 unspecified atom stereocenters. The molecule has 3 N–H and O–H groups in total. The summed E-state index contributed by atoms with van der Waals surface area (Å²) in [6.45, 7) is 7.26. The summed E-state index contributed by atoms with van der Waals surface area (Å²) in [5.41, 5.74) is 4.99. The zero-order valence-electron chi connectivity index (χ0n) is 15.4. The van der Waals surface area contributed by atoms with Gasteiger partial charge in [-0.2, -0.15) is 0 Å². The lowest BCUT2D eigenvalue weighted by molar-refractivity contribution is -0.123. The molecule has 0 saturated heterocycles. The van der Waals surface area contributed by atoms with E-state index in [0.29, 0.717) is 11.4 Å². The van der Waals surface area contributed by atoms with Crippen LogP contribution in [0.5, 0.6) is 0 Å². The highest BCUT2D eigenvalue weighted by Crippen LogP contribution is 2.22. The summed E-state index contributed by atoms with van der Waals surface area (Å²) < 4.78 is 0. The second-order valence-corrected chi connectivity index (χ2v) is 6.31. The Labute approximate surface area is 153 Å². The Morgan fingerprint density at radius 1 is 0.769 bits per heavy atom. The maximum absolute atomic E-state index is 12.2. The third-order valence-corrected chi connectivity index (χ3v) is 3.75. The van der Waals surface area contributed by atoms with Gasteiger partial charge in [-0.3, -0.25) is 14.4 Å². The molecule has 0 aliphatic rings. The number of benzene rings is 2. The summed E-state index contributed by atoms with van der Waals surface area (Å²) >= 11 is 0. The predicted octanol–water partition coefficient (Wildman–Crippen LogP) is 3.54. The molecular weight excluding hydrogens is 330 g/mol. The fourth-order valence-corrected chi connectivity index (χ4v) is 2.75. The zero-order chi connectivity index (χ0) is 19.3. The van der Waals surface area contributed by atoms with E-state index in [0.717, 1.165) is 22.4 Å². The third kappa shape index (κ3) is 5.44. The minimum Gasteiger partial charge on any atom is -0.326 e. The van der Waals surface area contributed by atoms with Crippen molar-refractivity contribution >= 4 is 34.8 Å². The van der Waals surface area contributed by atoms with Crippen molar-refractivity contribution in [2.45, 2.75) is 34.1 Å². The van der Waals surface area contributed by atoms with Crippen molar-refractivity contribution in [3.05, 3.63) is 53.1 Å². The van der Waals surface area contributed by atoms with Crippen LogP contribution in [-0.2, 0) is 14.4 Å². The van der Waals surface area contributed by atoms with Gasteiger partial charge in [-0.15, -0.1) is 0 Å². The van der Waals surface area contributed by atoms with E-state index in [1.807, 2.05) is 32.9 Å². The first-order valence-electron chi connectivity index (χ1n) is 8.30. The summed E-state index contributed by atoms with van der Waals surface area (Å²) in [5.74, 6) is -0.940. The number of hydrogen-bond donors (Lipinski definition) is 3. The summed E-state index contributed by atoms with van der Waals surface area (Å²) in [5, 5.41) is 8.11. The van der Waals surface area contributed by atoms with Gasteiger partial charge in [0.15, 0.2) is 0 Å². The maximum Gasteiger partial charge on any atom is 0.233 e. The van der Waals surface area contributed by atoms with E-state index in [9.17, 15) is 14.4 Å². The minimum atomic E-state index is -0.405. The van der Waals surface area contributed by atoms with Crippen LogP contribution < -0.4 is 16.0 Å². The first-order valence-corrected chi connectivity index (χ1v) is 8.30. The lowest BCUT2D eigenvalue weighted by atomic mass is 10.0. The van der Waals surface area contributed by atoms with Crippen LogP contribution in [0.2, 0.25) is 0 Å². The number of amides is 3. The summed E-state index contributed by atoms with van der Waals surface area (Å²) in [6, 6.07) is 10.6. The Hall–Kier alpha value is -3.15. The number of carbonyl (C=O) groups excluding carboxylic acids is 3. The number of anilines is 3. The van der Waals surface area contributed by atoms with Crippen LogP contribution in [0.3, 0.4) is 0 Å². The highest BCUT2D eigenvalue weighted by Gasteiger charge is 2.13. The molecule has 0 spiro atoms. The monoisotopic (exact) mass is 353 g/mol. The van der Waals surface area contributed by atoms with Crippen molar-refractivity contribution < 1.29 is 14.4 Å². The van der Waals surface area contributed by atoms with Crippen molar-refractivity contribution in [3.8, 4) is 0 Å². The fourth-order valence-electron chi connectivity index (χ4n) is 2.75. The number of rotatable bonds is 5. The lowest BCUT2D eigenvalue weighted by Crippen LogP contribution is -2.22. The van der Waals surface area contributed by atoms with E-state index in [1.165, 1.54) is 6.92 Å². The SMILES string of the molecule is CC(=O)Nc1ccc(NC(=O)CC(=O)Nc2c(C)cc(C)cc2C)cc1. The van der Waals surface area contributed by atoms with Crippen molar-refractivity contribution in [3.63, 3.8) is 0 Å². The van der Waals surface area contributed by atoms with Crippen LogP contribution in [0, 0.1) is 20.8 Å². The largest absolute Gasteiger partial charge is 0.326 e. The van der Waals surface area contributed by atoms with Crippen molar-refractivity contribution in [2.24, 2.45) is 0 Å². The van der Waals surface area contributed by atoms with Gasteiger partial charge in [-0.05, 0) is 56.2 Å². The topological polar surface area (TPSA) is 87.3 Å². The second kappa shape index (κ2) is 8.29. The van der Waals surface area contributed by atoms with Gasteiger partial charge in [0.2, 0.25) is 17.7 Å². The van der Waals surface area contributed by atoms with Crippen molar-refractivity contribution in [1.82, 2.24) is 0 Å². The molecule has 0 radical (unpaired) electrons. The van der Waals surface area contributed by atoms with E-state index in [-0.39, 0.29) is 18.2 Å². The molecule has 2 rings (SSSR count). The average molecular weight is 353 g/mol. The molecule has 6 heteroatoms. The van der Waals surface area contributed by atoms with E-state index in [2.05, 4.69) is 16.0 Å². The standard InChI is InChI=1S/C20H23N3O3/c1-12-9-13(2)20(14(3)10-12)23-19(26)11-18(25)22-17-7-5-16(6-8-17)21-15(4)24/h5-10H,11H2,1-4H3,(H,21,24)(H,22,25)(H,23,26). The Morgan fingerprint density at radius 2 is 1.23 bits per heavy atom. The van der Waals surface area contributed by atoms with Crippen LogP contribution in [-0.4, -0.2) is 17.7 Å². The molecule has 0 fully saturated rings. The van der Waals surface area contributed by atoms with Crippen LogP contribution in [0.25, 0.3) is 0 Å². The summed E-state index contributed by atoms with van der Waals surface area (Å²) in [6.07, 6.45) is -0.278. The normalized spacial score (nSPS) is 10.2. The number of nitrogens with one attached hydrogen (secondary N) is 3. The summed E-state index contributed by atoms with van der Waals surface area (Å²) in [4.78, 5) is 35.2. The van der Waals surface area contributed by atoms with Gasteiger partial charge in [0.1, 0.15) is 6.42 Å². The van der Waals surface area contributed by atoms with Crippen molar-refractivity contribution in [1.29, 1.82) is 0 Å². The van der Waals surface area contributed by atoms with Crippen molar-refractivity contribution in [2.75, 3.05) is 16.0 Å². The molecule has 0 saturated carbocycles. The molecule has 0 heterocycles. The first-order chi connectivity index (χ1) is 12.2. The third-order valence-electron chi connectivity index (χ3n) is 3.75. The van der Waals surface area contributed by atoms with E-state index in [4.69, 9.17) is 0 Å². The fraction of sp³-hybridized carbons (Fsp3) is 0.250. The molecule has 2 aromatic rings. The van der Waals surface area contributed by atoms with E-state index >= 15 is 0 Å².